The lowest BCUT2D eigenvalue weighted by atomic mass is 10.1. The zero-order valence-electron chi connectivity index (χ0n) is 22.0. The number of aromatic nitrogens is 8. The molecule has 4 aromatic rings. The van der Waals surface area contributed by atoms with Crippen LogP contribution in [0.1, 0.15) is 12.5 Å². The number of halogens is 1. The number of aliphatic hydroxyl groups is 1. The number of hydrogen-bond donors (Lipinski definition) is 5. The van der Waals surface area contributed by atoms with E-state index in [1.54, 1.807) is 0 Å². The van der Waals surface area contributed by atoms with E-state index < -0.39 is 76.9 Å². The molecule has 3 aliphatic heterocycles. The second kappa shape index (κ2) is 10.9. The van der Waals surface area contributed by atoms with E-state index in [1.165, 1.54) is 28.1 Å². The third-order valence-electron chi connectivity index (χ3n) is 7.21. The van der Waals surface area contributed by atoms with Crippen LogP contribution in [0.5, 0.6) is 0 Å². The van der Waals surface area contributed by atoms with Gasteiger partial charge in [0.2, 0.25) is 0 Å². The Balaban J connectivity index is 1.17. The number of imidazole rings is 2. The fourth-order valence-electron chi connectivity index (χ4n) is 5.21. The van der Waals surface area contributed by atoms with Gasteiger partial charge in [0.1, 0.15) is 54.2 Å². The average molecular weight is 676 g/mol. The molecule has 236 valence electrons. The molecule has 4 aromatic heterocycles. The van der Waals surface area contributed by atoms with Crippen molar-refractivity contribution in [2.24, 2.45) is 0 Å². The van der Waals surface area contributed by atoms with Crippen LogP contribution in [0.15, 0.2) is 25.3 Å². The molecule has 24 heteroatoms. The van der Waals surface area contributed by atoms with Crippen LogP contribution in [0.2, 0.25) is 0 Å². The maximum Gasteiger partial charge on any atom is 0.472 e. The molecule has 3 unspecified atom stereocenters. The van der Waals surface area contributed by atoms with E-state index in [0.717, 1.165) is 6.33 Å². The summed E-state index contributed by atoms with van der Waals surface area (Å²) >= 11 is 5.17. The largest absolute Gasteiger partial charge is 0.472 e. The fraction of sp³-hybridized carbons (Fsp3) is 0.500. The molecular formula is C20H23FN10O10P2S. The van der Waals surface area contributed by atoms with Crippen LogP contribution in [0, 0.1) is 0 Å². The fourth-order valence-corrected chi connectivity index (χ4v) is 7.61. The quantitative estimate of drug-likeness (QED) is 0.167. The van der Waals surface area contributed by atoms with Crippen LogP contribution >= 0.6 is 14.5 Å². The number of phosphoric acid groups is 1. The lowest BCUT2D eigenvalue weighted by molar-refractivity contribution is -0.0629. The van der Waals surface area contributed by atoms with Crippen molar-refractivity contribution in [3.8, 4) is 0 Å². The summed E-state index contributed by atoms with van der Waals surface area (Å²) in [6, 6.07) is 0. The lowest BCUT2D eigenvalue weighted by Crippen LogP contribution is -2.38. The number of fused-ring (bicyclic) bond motifs is 4. The Hall–Kier alpha value is -2.85. The van der Waals surface area contributed by atoms with Gasteiger partial charge in [-0.3, -0.25) is 22.7 Å². The number of alkyl halides is 1. The van der Waals surface area contributed by atoms with Gasteiger partial charge in [-0.15, -0.1) is 0 Å². The molecule has 0 aromatic carbocycles. The van der Waals surface area contributed by atoms with Crippen LogP contribution in [-0.4, -0.2) is 104 Å². The molecule has 0 bridgehead atoms. The topological polar surface area (TPSA) is 272 Å². The number of ether oxygens (including phenoxy) is 2. The molecule has 0 spiro atoms. The van der Waals surface area contributed by atoms with E-state index in [9.17, 15) is 19.5 Å². The van der Waals surface area contributed by atoms with Crippen molar-refractivity contribution >= 4 is 60.3 Å². The molecule has 0 amide bonds. The van der Waals surface area contributed by atoms with Crippen molar-refractivity contribution in [2.45, 2.75) is 49.1 Å². The molecule has 7 rings (SSSR count). The van der Waals surface area contributed by atoms with Crippen molar-refractivity contribution in [3.63, 3.8) is 0 Å². The van der Waals surface area contributed by atoms with E-state index in [4.69, 9.17) is 50.8 Å². The molecular weight excluding hydrogens is 653 g/mol. The molecule has 3 saturated heterocycles. The van der Waals surface area contributed by atoms with Crippen LogP contribution in [0.4, 0.5) is 16.0 Å². The average Bonchev–Trinajstić information content (AvgIpc) is 3.73. The molecule has 7 N–H and O–H groups in total. The summed E-state index contributed by atoms with van der Waals surface area (Å²) in [5.41, 5.74) is 12.4. The van der Waals surface area contributed by atoms with E-state index in [-0.39, 0.29) is 34.0 Å². The first-order valence-corrected chi connectivity index (χ1v) is 16.8. The normalized spacial score (nSPS) is 38.3. The van der Waals surface area contributed by atoms with E-state index in [2.05, 4.69) is 29.9 Å². The molecule has 20 nitrogen and oxygen atoms in total. The van der Waals surface area contributed by atoms with Gasteiger partial charge in [0.15, 0.2) is 41.6 Å². The van der Waals surface area contributed by atoms with Gasteiger partial charge in [-0.1, -0.05) is 0 Å². The summed E-state index contributed by atoms with van der Waals surface area (Å²) in [7, 11) is -5.03. The number of phosphoric ester groups is 1. The van der Waals surface area contributed by atoms with Crippen molar-refractivity contribution < 1.29 is 51.4 Å². The minimum Gasteiger partial charge on any atom is -0.386 e. The van der Waals surface area contributed by atoms with Crippen molar-refractivity contribution in [1.29, 1.82) is 0 Å². The maximum atomic E-state index is 15.9. The second-order valence-electron chi connectivity index (χ2n) is 9.90. The first kappa shape index (κ1) is 29.8. The Morgan fingerprint density at radius 2 is 1.39 bits per heavy atom. The predicted octanol–water partition coefficient (Wildman–Crippen LogP) is -0.541. The number of rotatable bonds is 2. The number of hydrogen-bond acceptors (Lipinski definition) is 17. The van der Waals surface area contributed by atoms with Crippen LogP contribution < -0.4 is 11.5 Å². The summed E-state index contributed by atoms with van der Waals surface area (Å²) in [4.78, 5) is 45.6. The number of nitrogen functional groups attached to an aromatic ring is 2. The smallest absolute Gasteiger partial charge is 0.386 e. The standard InChI is InChI=1S/C20H23FN10O10P2S/c21-9-13-7(38-19(9)30-5-28-10-15(22)24-3-26-17(10)30)2-37-43(35,44)41-14-8(1-36-42(33,34)40-13)39-20(12(14)32)31-6-29-11-16(23)25-4-27-18(11)31/h3-9,12-14,19-20,32H,1-2H2,(H,33,34)(H,35,44)(H2,22,24,26)(H2,23,25,27)/t7?,8-,9-,12-,13-,14-,19-,20-,43?/m1/s1. The van der Waals surface area contributed by atoms with Crippen molar-refractivity contribution in [2.75, 3.05) is 24.7 Å². The first-order chi connectivity index (χ1) is 20.9. The summed E-state index contributed by atoms with van der Waals surface area (Å²) in [5, 5.41) is 11.2. The van der Waals surface area contributed by atoms with Gasteiger partial charge >= 0.3 is 14.5 Å². The third kappa shape index (κ3) is 5.15. The Morgan fingerprint density at radius 1 is 0.841 bits per heavy atom. The van der Waals surface area contributed by atoms with Gasteiger partial charge < -0.3 is 40.4 Å². The Labute approximate surface area is 249 Å². The lowest BCUT2D eigenvalue weighted by Gasteiger charge is -2.29. The Bertz CT molecular complexity index is 1700. The van der Waals surface area contributed by atoms with Crippen LogP contribution in [-0.2, 0) is 43.9 Å². The highest BCUT2D eigenvalue weighted by Gasteiger charge is 2.54. The molecule has 0 aliphatic carbocycles. The Morgan fingerprint density at radius 3 is 2.02 bits per heavy atom. The zero-order valence-corrected chi connectivity index (χ0v) is 24.6. The highest BCUT2D eigenvalue weighted by Crippen LogP contribution is 2.54. The Kier molecular flexibility index (Phi) is 7.39. The summed E-state index contributed by atoms with van der Waals surface area (Å²) in [6.45, 7) is -5.59. The van der Waals surface area contributed by atoms with Gasteiger partial charge in [-0.25, -0.2) is 38.9 Å². The molecule has 0 saturated carbocycles. The molecule has 10 atom stereocenters. The van der Waals surface area contributed by atoms with E-state index in [1.807, 2.05) is 0 Å². The monoisotopic (exact) mass is 676 g/mol. The highest BCUT2D eigenvalue weighted by molar-refractivity contribution is 8.07. The number of nitrogens with two attached hydrogens (primary N) is 2. The number of nitrogens with zero attached hydrogens (tertiary/aromatic N) is 8. The summed E-state index contributed by atoms with van der Waals surface area (Å²) < 4.78 is 64.6. The predicted molar refractivity (Wildman–Crippen MR) is 146 cm³/mol. The minimum absolute atomic E-state index is 0.0374. The molecule has 3 aliphatic rings. The van der Waals surface area contributed by atoms with Gasteiger partial charge in [-0.2, -0.15) is 0 Å². The molecule has 44 heavy (non-hydrogen) atoms. The number of anilines is 2. The number of aliphatic hydroxyl groups excluding tert-OH is 1. The van der Waals surface area contributed by atoms with Crippen LogP contribution in [0.3, 0.4) is 0 Å². The maximum absolute atomic E-state index is 15.9. The molecule has 3 fully saturated rings. The molecule has 0 radical (unpaired) electrons. The summed E-state index contributed by atoms with van der Waals surface area (Å²) in [6.07, 6.45) is -7.53. The zero-order chi connectivity index (χ0) is 31.0. The van der Waals surface area contributed by atoms with Crippen molar-refractivity contribution in [3.05, 3.63) is 25.3 Å². The minimum atomic E-state index is -5.03. The third-order valence-corrected chi connectivity index (χ3v) is 9.76. The van der Waals surface area contributed by atoms with E-state index in [0.29, 0.717) is 0 Å². The second-order valence-corrected chi connectivity index (χ2v) is 14.1. The highest BCUT2D eigenvalue weighted by atomic mass is 32.5. The van der Waals surface area contributed by atoms with Gasteiger partial charge in [0.05, 0.1) is 25.9 Å². The van der Waals surface area contributed by atoms with Crippen molar-refractivity contribution in [1.82, 2.24) is 39.0 Å². The first-order valence-electron chi connectivity index (χ1n) is 12.7. The van der Waals surface area contributed by atoms with Gasteiger partial charge in [0.25, 0.3) is 0 Å². The van der Waals surface area contributed by atoms with Gasteiger partial charge in [0, 0.05) is 0 Å². The summed E-state index contributed by atoms with van der Waals surface area (Å²) in [5.74, 6) is 0.111. The molecule has 7 heterocycles. The van der Waals surface area contributed by atoms with E-state index >= 15 is 4.39 Å². The van der Waals surface area contributed by atoms with Crippen LogP contribution in [0.25, 0.3) is 22.3 Å². The van der Waals surface area contributed by atoms with Gasteiger partial charge in [-0.05, 0) is 11.8 Å². The SMILES string of the molecule is Nc1ncnc2c1ncn2[C@@H]1O[C@@H]2COP(=O)(O)O[C@@H]3C(COP(O)(=S)O[C@H]2[C@H]1O)O[C@@H](n1cnc2c(N)ncnc21)[C@@H]3F.